The molecule has 0 radical (unpaired) electrons. The largest absolute Gasteiger partial charge is 0.493 e. The van der Waals surface area contributed by atoms with Gasteiger partial charge in [0.05, 0.1) is 13.3 Å². The second-order valence-corrected chi connectivity index (χ2v) is 6.38. The summed E-state index contributed by atoms with van der Waals surface area (Å²) in [6, 6.07) is 21.3. The third kappa shape index (κ3) is 4.79. The lowest BCUT2D eigenvalue weighted by molar-refractivity contribution is 0.132. The van der Waals surface area contributed by atoms with Crippen LogP contribution in [-0.2, 0) is 18.1 Å². The summed E-state index contributed by atoms with van der Waals surface area (Å²) in [6.45, 7) is 1.07. The number of ether oxygens (including phenoxy) is 4. The molecular weight excluding hydrogens is 370 g/mol. The normalized spacial score (nSPS) is 12.2. The molecule has 0 aliphatic carbocycles. The van der Waals surface area contributed by atoms with Gasteiger partial charge in [-0.05, 0) is 41.5 Å². The molecule has 0 saturated heterocycles. The fourth-order valence-electron chi connectivity index (χ4n) is 2.86. The van der Waals surface area contributed by atoms with Gasteiger partial charge in [-0.2, -0.15) is 0 Å². The van der Waals surface area contributed by atoms with Crippen molar-refractivity contribution in [3.8, 4) is 23.0 Å². The summed E-state index contributed by atoms with van der Waals surface area (Å²) < 4.78 is 22.0. The average Bonchev–Trinajstić information content (AvgIpc) is 3.24. The lowest BCUT2D eigenvalue weighted by Crippen LogP contribution is -1.98. The standard InChI is InChI=1S/C23H21NO5/c1-25-22-11-18(7-9-20(22)26-14-17-5-3-2-4-6-17)13-24-29-15-19-8-10-21-23(12-19)28-16-27-21/h2-13H,14-16H2,1H3/b24-13+. The van der Waals surface area contributed by atoms with Crippen molar-refractivity contribution in [1.82, 2.24) is 0 Å². The third-order valence-corrected chi connectivity index (χ3v) is 4.37. The zero-order chi connectivity index (χ0) is 19.9. The van der Waals surface area contributed by atoms with E-state index in [1.807, 2.05) is 66.7 Å². The summed E-state index contributed by atoms with van der Waals surface area (Å²) in [5.41, 5.74) is 2.89. The minimum absolute atomic E-state index is 0.255. The van der Waals surface area contributed by atoms with Crippen molar-refractivity contribution in [2.45, 2.75) is 13.2 Å². The highest BCUT2D eigenvalue weighted by Gasteiger charge is 2.13. The molecule has 0 bridgehead atoms. The number of hydrogen-bond donors (Lipinski definition) is 0. The Morgan fingerprint density at radius 2 is 1.72 bits per heavy atom. The van der Waals surface area contributed by atoms with Crippen molar-refractivity contribution >= 4 is 6.21 Å². The van der Waals surface area contributed by atoms with E-state index in [1.165, 1.54) is 0 Å². The zero-order valence-corrected chi connectivity index (χ0v) is 16.0. The SMILES string of the molecule is COc1cc(/C=N/OCc2ccc3c(c2)OCO3)ccc1OCc1ccccc1. The molecule has 0 aromatic heterocycles. The molecule has 1 aliphatic heterocycles. The Morgan fingerprint density at radius 3 is 2.59 bits per heavy atom. The molecule has 0 spiro atoms. The van der Waals surface area contributed by atoms with Gasteiger partial charge < -0.3 is 23.8 Å². The van der Waals surface area contributed by atoms with Crippen molar-refractivity contribution in [2.75, 3.05) is 13.9 Å². The number of benzene rings is 3. The molecule has 1 heterocycles. The van der Waals surface area contributed by atoms with Crippen LogP contribution < -0.4 is 18.9 Å². The molecule has 0 amide bonds. The maximum Gasteiger partial charge on any atom is 0.231 e. The van der Waals surface area contributed by atoms with Crippen LogP contribution in [0.25, 0.3) is 0 Å². The highest BCUT2D eigenvalue weighted by molar-refractivity contribution is 5.80. The molecule has 0 fully saturated rings. The maximum atomic E-state index is 5.87. The Bertz CT molecular complexity index is 988. The molecule has 0 atom stereocenters. The summed E-state index contributed by atoms with van der Waals surface area (Å²) >= 11 is 0. The van der Waals surface area contributed by atoms with E-state index in [0.717, 1.165) is 28.2 Å². The fraction of sp³-hybridized carbons (Fsp3) is 0.174. The van der Waals surface area contributed by atoms with Crippen LogP contribution in [0.1, 0.15) is 16.7 Å². The van der Waals surface area contributed by atoms with E-state index in [-0.39, 0.29) is 6.79 Å². The quantitative estimate of drug-likeness (QED) is 0.416. The van der Waals surface area contributed by atoms with Gasteiger partial charge in [-0.25, -0.2) is 0 Å². The Labute approximate surface area is 169 Å². The van der Waals surface area contributed by atoms with Gasteiger partial charge in [0, 0.05) is 5.56 Å². The number of rotatable bonds is 8. The van der Waals surface area contributed by atoms with Crippen LogP contribution in [0.3, 0.4) is 0 Å². The molecular formula is C23H21NO5. The molecule has 4 rings (SSSR count). The van der Waals surface area contributed by atoms with Gasteiger partial charge in [0.15, 0.2) is 23.0 Å². The lowest BCUT2D eigenvalue weighted by Gasteiger charge is -2.11. The van der Waals surface area contributed by atoms with Crippen LogP contribution >= 0.6 is 0 Å². The highest BCUT2D eigenvalue weighted by Crippen LogP contribution is 2.32. The lowest BCUT2D eigenvalue weighted by atomic mass is 10.2. The second kappa shape index (κ2) is 9.01. The van der Waals surface area contributed by atoms with E-state index in [0.29, 0.717) is 24.7 Å². The first-order valence-corrected chi connectivity index (χ1v) is 9.20. The number of hydrogen-bond acceptors (Lipinski definition) is 6. The monoisotopic (exact) mass is 391 g/mol. The molecule has 0 unspecified atom stereocenters. The molecule has 3 aromatic carbocycles. The van der Waals surface area contributed by atoms with Gasteiger partial charge in [0.25, 0.3) is 0 Å². The molecule has 29 heavy (non-hydrogen) atoms. The van der Waals surface area contributed by atoms with Gasteiger partial charge in [0.2, 0.25) is 6.79 Å². The van der Waals surface area contributed by atoms with E-state index >= 15 is 0 Å². The molecule has 0 N–H and O–H groups in total. The van der Waals surface area contributed by atoms with Crippen LogP contribution in [0.4, 0.5) is 0 Å². The van der Waals surface area contributed by atoms with Gasteiger partial charge in [-0.1, -0.05) is 41.6 Å². The summed E-state index contributed by atoms with van der Waals surface area (Å²) in [4.78, 5) is 5.39. The third-order valence-electron chi connectivity index (χ3n) is 4.37. The fourth-order valence-corrected chi connectivity index (χ4v) is 2.86. The van der Waals surface area contributed by atoms with Crippen molar-refractivity contribution in [3.63, 3.8) is 0 Å². The first-order valence-electron chi connectivity index (χ1n) is 9.20. The predicted molar refractivity (Wildman–Crippen MR) is 109 cm³/mol. The van der Waals surface area contributed by atoms with Gasteiger partial charge in [0.1, 0.15) is 13.2 Å². The van der Waals surface area contributed by atoms with Gasteiger partial charge in [-0.3, -0.25) is 0 Å². The van der Waals surface area contributed by atoms with Crippen molar-refractivity contribution < 1.29 is 23.8 Å². The van der Waals surface area contributed by atoms with Crippen LogP contribution in [0, 0.1) is 0 Å². The van der Waals surface area contributed by atoms with Crippen LogP contribution in [-0.4, -0.2) is 20.1 Å². The van der Waals surface area contributed by atoms with E-state index in [1.54, 1.807) is 13.3 Å². The predicted octanol–water partition coefficient (Wildman–Crippen LogP) is 4.55. The Kier molecular flexibility index (Phi) is 5.81. The van der Waals surface area contributed by atoms with Gasteiger partial charge >= 0.3 is 0 Å². The molecule has 3 aromatic rings. The van der Waals surface area contributed by atoms with Crippen molar-refractivity contribution in [2.24, 2.45) is 5.16 Å². The smallest absolute Gasteiger partial charge is 0.231 e. The minimum Gasteiger partial charge on any atom is -0.493 e. The van der Waals surface area contributed by atoms with E-state index in [9.17, 15) is 0 Å². The molecule has 148 valence electrons. The van der Waals surface area contributed by atoms with Crippen LogP contribution in [0.5, 0.6) is 23.0 Å². The van der Waals surface area contributed by atoms with Crippen LogP contribution in [0.2, 0.25) is 0 Å². The summed E-state index contributed by atoms with van der Waals surface area (Å²) in [7, 11) is 1.61. The topological polar surface area (TPSA) is 58.5 Å². The summed E-state index contributed by atoms with van der Waals surface area (Å²) in [6.07, 6.45) is 1.64. The molecule has 6 heteroatoms. The Morgan fingerprint density at radius 1 is 0.862 bits per heavy atom. The van der Waals surface area contributed by atoms with E-state index < -0.39 is 0 Å². The first-order chi connectivity index (χ1) is 14.3. The van der Waals surface area contributed by atoms with Crippen molar-refractivity contribution in [3.05, 3.63) is 83.4 Å². The van der Waals surface area contributed by atoms with E-state index in [2.05, 4.69) is 5.16 Å². The molecule has 1 aliphatic rings. The highest BCUT2D eigenvalue weighted by atomic mass is 16.7. The van der Waals surface area contributed by atoms with Crippen molar-refractivity contribution in [1.29, 1.82) is 0 Å². The summed E-state index contributed by atoms with van der Waals surface area (Å²) in [5, 5.41) is 4.04. The minimum atomic E-state index is 0.255. The average molecular weight is 391 g/mol. The summed E-state index contributed by atoms with van der Waals surface area (Å²) in [5.74, 6) is 2.79. The van der Waals surface area contributed by atoms with Gasteiger partial charge in [-0.15, -0.1) is 0 Å². The van der Waals surface area contributed by atoms with E-state index in [4.69, 9.17) is 23.8 Å². The number of fused-ring (bicyclic) bond motifs is 1. The number of methoxy groups -OCH3 is 1. The zero-order valence-electron chi connectivity index (χ0n) is 16.0. The molecule has 0 saturated carbocycles. The maximum absolute atomic E-state index is 5.87. The Balaban J connectivity index is 1.33. The Hall–Kier alpha value is -3.67. The number of oxime groups is 1. The second-order valence-electron chi connectivity index (χ2n) is 6.38. The molecule has 6 nitrogen and oxygen atoms in total. The number of nitrogens with zero attached hydrogens (tertiary/aromatic N) is 1. The van der Waals surface area contributed by atoms with Crippen LogP contribution in [0.15, 0.2) is 71.9 Å². The first kappa shape index (κ1) is 18.7.